The van der Waals surface area contributed by atoms with Crippen LogP contribution in [0, 0.1) is 5.92 Å². The summed E-state index contributed by atoms with van der Waals surface area (Å²) in [6.07, 6.45) is 2.24. The highest BCUT2D eigenvalue weighted by atomic mass is 32.2. The monoisotopic (exact) mass is 377 g/mol. The number of likely N-dealkylation sites (tertiary alicyclic amines) is 1. The number of carbonyl (C=O) groups is 1. The number of rotatable bonds is 6. The van der Waals surface area contributed by atoms with Crippen molar-refractivity contribution in [3.63, 3.8) is 0 Å². The SMILES string of the molecule is CC(F)COC1CN(S(=O)(=O)N2CCC[C@H](C(=O)N3CCCC3)C2)C1. The van der Waals surface area contributed by atoms with Crippen LogP contribution in [0.25, 0.3) is 0 Å². The molecule has 0 saturated carbocycles. The summed E-state index contributed by atoms with van der Waals surface area (Å²) in [6, 6.07) is 0. The van der Waals surface area contributed by atoms with E-state index in [1.165, 1.54) is 15.5 Å². The van der Waals surface area contributed by atoms with Gasteiger partial charge in [0.05, 0.1) is 18.6 Å². The highest BCUT2D eigenvalue weighted by Gasteiger charge is 2.42. The van der Waals surface area contributed by atoms with Crippen molar-refractivity contribution in [2.45, 2.75) is 44.9 Å². The zero-order valence-corrected chi connectivity index (χ0v) is 15.6. The van der Waals surface area contributed by atoms with Crippen LogP contribution < -0.4 is 0 Å². The Morgan fingerprint density at radius 1 is 1.12 bits per heavy atom. The molecule has 3 aliphatic rings. The molecule has 0 N–H and O–H groups in total. The Hall–Kier alpha value is -0.770. The normalized spacial score (nSPS) is 28.1. The minimum absolute atomic E-state index is 0.00528. The van der Waals surface area contributed by atoms with Gasteiger partial charge in [-0.15, -0.1) is 0 Å². The highest BCUT2D eigenvalue weighted by molar-refractivity contribution is 7.86. The third-order valence-electron chi connectivity index (χ3n) is 5.18. The topological polar surface area (TPSA) is 70.2 Å². The fraction of sp³-hybridized carbons (Fsp3) is 0.938. The number of piperidine rings is 1. The molecule has 0 aromatic heterocycles. The Kier molecular flexibility index (Phi) is 5.97. The lowest BCUT2D eigenvalue weighted by molar-refractivity contribution is -0.135. The molecule has 1 amide bonds. The first kappa shape index (κ1) is 19.0. The first-order valence-electron chi connectivity index (χ1n) is 9.17. The van der Waals surface area contributed by atoms with Crippen LogP contribution >= 0.6 is 0 Å². The first-order valence-corrected chi connectivity index (χ1v) is 10.6. The van der Waals surface area contributed by atoms with Crippen molar-refractivity contribution in [3.05, 3.63) is 0 Å². The maximum Gasteiger partial charge on any atom is 0.282 e. The number of ether oxygens (including phenoxy) is 1. The zero-order valence-electron chi connectivity index (χ0n) is 14.8. The van der Waals surface area contributed by atoms with Crippen molar-refractivity contribution >= 4 is 16.1 Å². The van der Waals surface area contributed by atoms with E-state index >= 15 is 0 Å². The molecule has 3 fully saturated rings. The molecule has 0 spiro atoms. The van der Waals surface area contributed by atoms with E-state index in [-0.39, 0.29) is 44.2 Å². The quantitative estimate of drug-likeness (QED) is 0.681. The predicted molar refractivity (Wildman–Crippen MR) is 90.9 cm³/mol. The van der Waals surface area contributed by atoms with Gasteiger partial charge >= 0.3 is 0 Å². The summed E-state index contributed by atoms with van der Waals surface area (Å²) in [4.78, 5) is 14.4. The second-order valence-corrected chi connectivity index (χ2v) is 9.22. The van der Waals surface area contributed by atoms with Crippen LogP contribution in [0.15, 0.2) is 0 Å². The van der Waals surface area contributed by atoms with Crippen molar-refractivity contribution in [2.24, 2.45) is 5.92 Å². The number of nitrogens with zero attached hydrogens (tertiary/aromatic N) is 3. The summed E-state index contributed by atoms with van der Waals surface area (Å²) >= 11 is 0. The molecule has 25 heavy (non-hydrogen) atoms. The van der Waals surface area contributed by atoms with Gasteiger partial charge in [-0.1, -0.05) is 0 Å². The van der Waals surface area contributed by atoms with Gasteiger partial charge in [0.25, 0.3) is 10.2 Å². The van der Waals surface area contributed by atoms with Gasteiger partial charge in [-0.3, -0.25) is 4.79 Å². The van der Waals surface area contributed by atoms with Gasteiger partial charge in [0.2, 0.25) is 5.91 Å². The van der Waals surface area contributed by atoms with Gasteiger partial charge in [-0.2, -0.15) is 17.0 Å². The lowest BCUT2D eigenvalue weighted by atomic mass is 9.98. The third-order valence-corrected chi connectivity index (χ3v) is 7.11. The maximum absolute atomic E-state index is 12.8. The Morgan fingerprint density at radius 3 is 2.44 bits per heavy atom. The van der Waals surface area contributed by atoms with E-state index in [9.17, 15) is 17.6 Å². The Balaban J connectivity index is 1.53. The summed E-state index contributed by atoms with van der Waals surface area (Å²) in [7, 11) is -3.56. The minimum Gasteiger partial charge on any atom is -0.372 e. The molecule has 7 nitrogen and oxygen atoms in total. The van der Waals surface area contributed by atoms with Crippen LogP contribution in [-0.4, -0.2) is 86.0 Å². The lowest BCUT2D eigenvalue weighted by Crippen LogP contribution is -2.60. The van der Waals surface area contributed by atoms with Gasteiger partial charge < -0.3 is 9.64 Å². The molecule has 0 aliphatic carbocycles. The number of hydrogen-bond donors (Lipinski definition) is 0. The summed E-state index contributed by atoms with van der Waals surface area (Å²) < 4.78 is 46.4. The van der Waals surface area contributed by atoms with Crippen LogP contribution in [-0.2, 0) is 19.7 Å². The van der Waals surface area contributed by atoms with E-state index in [4.69, 9.17) is 4.74 Å². The van der Waals surface area contributed by atoms with E-state index in [0.717, 1.165) is 32.4 Å². The van der Waals surface area contributed by atoms with Gasteiger partial charge in [-0.05, 0) is 32.6 Å². The molecule has 0 radical (unpaired) electrons. The molecule has 3 saturated heterocycles. The van der Waals surface area contributed by atoms with Crippen molar-refractivity contribution in [3.8, 4) is 0 Å². The molecule has 3 heterocycles. The molecule has 2 atom stereocenters. The highest BCUT2D eigenvalue weighted by Crippen LogP contribution is 2.27. The molecule has 0 aromatic rings. The largest absolute Gasteiger partial charge is 0.372 e. The number of amides is 1. The smallest absolute Gasteiger partial charge is 0.282 e. The van der Waals surface area contributed by atoms with Crippen LogP contribution in [0.1, 0.15) is 32.6 Å². The number of hydrogen-bond acceptors (Lipinski definition) is 4. The third kappa shape index (κ3) is 4.32. The van der Waals surface area contributed by atoms with E-state index < -0.39 is 16.4 Å². The fourth-order valence-electron chi connectivity index (χ4n) is 3.68. The molecular weight excluding hydrogens is 349 g/mol. The molecule has 1 unspecified atom stereocenters. The van der Waals surface area contributed by atoms with Crippen LogP contribution in [0.3, 0.4) is 0 Å². The standard InChI is InChI=1S/C16H28FN3O4S/c1-13(17)12-24-15-10-20(11-15)25(22,23)19-8-4-5-14(9-19)16(21)18-6-2-3-7-18/h13-15H,2-12H2,1H3/t13?,14-/m0/s1. The van der Waals surface area contributed by atoms with Crippen molar-refractivity contribution < 1.29 is 22.3 Å². The summed E-state index contributed by atoms with van der Waals surface area (Å²) in [5.41, 5.74) is 0. The van der Waals surface area contributed by atoms with E-state index in [2.05, 4.69) is 0 Å². The molecule has 3 aliphatic heterocycles. The van der Waals surface area contributed by atoms with E-state index in [1.54, 1.807) is 0 Å². The average Bonchev–Trinajstić information content (AvgIpc) is 3.06. The Morgan fingerprint density at radius 2 is 1.80 bits per heavy atom. The van der Waals surface area contributed by atoms with Gasteiger partial charge in [0, 0.05) is 39.3 Å². The van der Waals surface area contributed by atoms with Gasteiger partial charge in [0.15, 0.2) is 0 Å². The lowest BCUT2D eigenvalue weighted by Gasteiger charge is -2.42. The van der Waals surface area contributed by atoms with E-state index in [0.29, 0.717) is 13.0 Å². The van der Waals surface area contributed by atoms with Crippen LogP contribution in [0.5, 0.6) is 0 Å². The molecule has 0 bridgehead atoms. The Labute approximate surface area is 149 Å². The van der Waals surface area contributed by atoms with Gasteiger partial charge in [-0.25, -0.2) is 4.39 Å². The fourth-order valence-corrected chi connectivity index (χ4v) is 5.44. The summed E-state index contributed by atoms with van der Waals surface area (Å²) in [6.45, 7) is 4.23. The van der Waals surface area contributed by atoms with Gasteiger partial charge in [0.1, 0.15) is 6.17 Å². The second kappa shape index (κ2) is 7.85. The maximum atomic E-state index is 12.8. The predicted octanol–water partition coefficient (Wildman–Crippen LogP) is 0.624. The van der Waals surface area contributed by atoms with Crippen LogP contribution in [0.2, 0.25) is 0 Å². The Bertz CT molecular complexity index is 574. The molecule has 144 valence electrons. The molecule has 9 heteroatoms. The number of halogens is 1. The van der Waals surface area contributed by atoms with Crippen LogP contribution in [0.4, 0.5) is 4.39 Å². The van der Waals surface area contributed by atoms with Crippen molar-refractivity contribution in [1.29, 1.82) is 0 Å². The van der Waals surface area contributed by atoms with Crippen molar-refractivity contribution in [1.82, 2.24) is 13.5 Å². The number of alkyl halides is 1. The molecule has 3 rings (SSSR count). The van der Waals surface area contributed by atoms with Crippen molar-refractivity contribution in [2.75, 3.05) is 45.9 Å². The first-order chi connectivity index (χ1) is 11.9. The molecule has 0 aromatic carbocycles. The summed E-state index contributed by atoms with van der Waals surface area (Å²) in [5.74, 6) is -0.138. The zero-order chi connectivity index (χ0) is 18.0. The summed E-state index contributed by atoms with van der Waals surface area (Å²) in [5, 5.41) is 0. The average molecular weight is 377 g/mol. The second-order valence-electron chi connectivity index (χ2n) is 7.29. The number of carbonyl (C=O) groups excluding carboxylic acids is 1. The minimum atomic E-state index is -3.56. The molecular formula is C16H28FN3O4S. The van der Waals surface area contributed by atoms with E-state index in [1.807, 2.05) is 4.90 Å².